The van der Waals surface area contributed by atoms with Crippen molar-refractivity contribution in [3.05, 3.63) is 0 Å². The summed E-state index contributed by atoms with van der Waals surface area (Å²) in [7, 11) is 4.05. The Morgan fingerprint density at radius 1 is 1.24 bits per heavy atom. The number of nitrogens with one attached hydrogen (secondary N) is 1. The molecule has 0 radical (unpaired) electrons. The lowest BCUT2D eigenvalue weighted by molar-refractivity contribution is -0.147. The summed E-state index contributed by atoms with van der Waals surface area (Å²) < 4.78 is 5.13. The van der Waals surface area contributed by atoms with Gasteiger partial charge in [0.1, 0.15) is 6.04 Å². The first-order valence-corrected chi connectivity index (χ1v) is 6.61. The Hall–Kier alpha value is -0.610. The second-order valence-electron chi connectivity index (χ2n) is 4.56. The third-order valence-electron chi connectivity index (χ3n) is 2.98. The monoisotopic (exact) mass is 244 g/mol. The van der Waals surface area contributed by atoms with Crippen molar-refractivity contribution in [3.8, 4) is 0 Å². The summed E-state index contributed by atoms with van der Waals surface area (Å²) in [4.78, 5) is 14.0. The van der Waals surface area contributed by atoms with Gasteiger partial charge in [0.25, 0.3) is 0 Å². The third kappa shape index (κ3) is 6.64. The summed E-state index contributed by atoms with van der Waals surface area (Å²) in [6, 6.07) is -0.162. The van der Waals surface area contributed by atoms with Crippen molar-refractivity contribution in [1.29, 1.82) is 0 Å². The van der Waals surface area contributed by atoms with Crippen molar-refractivity contribution >= 4 is 5.97 Å². The zero-order valence-electron chi connectivity index (χ0n) is 12.0. The molecule has 1 atom stereocenters. The summed E-state index contributed by atoms with van der Waals surface area (Å²) >= 11 is 0. The maximum Gasteiger partial charge on any atom is 0.323 e. The van der Waals surface area contributed by atoms with Gasteiger partial charge in [-0.25, -0.2) is 0 Å². The van der Waals surface area contributed by atoms with E-state index in [2.05, 4.69) is 24.1 Å². The molecule has 0 saturated heterocycles. The predicted octanol–water partition coefficient (Wildman–Crippen LogP) is 1.51. The molecule has 0 aliphatic heterocycles. The molecule has 1 N–H and O–H groups in total. The van der Waals surface area contributed by atoms with Crippen LogP contribution < -0.4 is 5.32 Å². The molecule has 0 aromatic rings. The van der Waals surface area contributed by atoms with E-state index in [9.17, 15) is 4.79 Å². The molecule has 0 saturated carbocycles. The SMILES string of the molecule is CCOC(=O)C(NCCN(C)C)C(CC)CC. The Morgan fingerprint density at radius 2 is 1.82 bits per heavy atom. The van der Waals surface area contributed by atoms with Gasteiger partial charge in [-0.1, -0.05) is 26.7 Å². The quantitative estimate of drug-likeness (QED) is 0.624. The minimum atomic E-state index is -0.162. The van der Waals surface area contributed by atoms with Gasteiger partial charge in [-0.05, 0) is 26.9 Å². The molecule has 0 rings (SSSR count). The molecule has 1 unspecified atom stereocenters. The van der Waals surface area contributed by atoms with Gasteiger partial charge in [0.05, 0.1) is 6.61 Å². The van der Waals surface area contributed by atoms with E-state index in [4.69, 9.17) is 4.74 Å². The van der Waals surface area contributed by atoms with Crippen LogP contribution >= 0.6 is 0 Å². The van der Waals surface area contributed by atoms with Crippen LogP contribution in [0.15, 0.2) is 0 Å². The largest absolute Gasteiger partial charge is 0.465 e. The van der Waals surface area contributed by atoms with Crippen LogP contribution in [0.2, 0.25) is 0 Å². The average Bonchev–Trinajstić information content (AvgIpc) is 2.28. The Labute approximate surface area is 106 Å². The predicted molar refractivity (Wildman–Crippen MR) is 71.0 cm³/mol. The smallest absolute Gasteiger partial charge is 0.323 e. The maximum absolute atomic E-state index is 11.9. The molecule has 0 fully saturated rings. The number of hydrogen-bond acceptors (Lipinski definition) is 4. The van der Waals surface area contributed by atoms with Crippen LogP contribution in [-0.4, -0.2) is 50.7 Å². The Bertz CT molecular complexity index is 204. The number of carbonyl (C=O) groups excluding carboxylic acids is 1. The molecule has 0 aliphatic rings. The van der Waals surface area contributed by atoms with Crippen molar-refractivity contribution in [2.24, 2.45) is 5.92 Å². The third-order valence-corrected chi connectivity index (χ3v) is 2.98. The van der Waals surface area contributed by atoms with Crippen LogP contribution in [0.4, 0.5) is 0 Å². The Morgan fingerprint density at radius 3 is 2.24 bits per heavy atom. The van der Waals surface area contributed by atoms with Crippen molar-refractivity contribution in [2.45, 2.75) is 39.7 Å². The molecule has 0 bridgehead atoms. The molecular weight excluding hydrogens is 216 g/mol. The van der Waals surface area contributed by atoms with Gasteiger partial charge < -0.3 is 15.0 Å². The molecule has 17 heavy (non-hydrogen) atoms. The number of likely N-dealkylation sites (N-methyl/N-ethyl adjacent to an activating group) is 1. The lowest BCUT2D eigenvalue weighted by atomic mass is 9.94. The first kappa shape index (κ1) is 16.4. The number of ether oxygens (including phenoxy) is 1. The van der Waals surface area contributed by atoms with E-state index in [0.717, 1.165) is 25.9 Å². The first-order valence-electron chi connectivity index (χ1n) is 6.61. The van der Waals surface area contributed by atoms with Crippen molar-refractivity contribution in [1.82, 2.24) is 10.2 Å². The molecule has 0 aromatic carbocycles. The lowest BCUT2D eigenvalue weighted by Crippen LogP contribution is -2.45. The van der Waals surface area contributed by atoms with Crippen LogP contribution in [-0.2, 0) is 9.53 Å². The van der Waals surface area contributed by atoms with Crippen LogP contribution in [0.25, 0.3) is 0 Å². The Balaban J connectivity index is 4.33. The highest BCUT2D eigenvalue weighted by Crippen LogP contribution is 2.14. The highest BCUT2D eigenvalue weighted by molar-refractivity contribution is 5.76. The molecule has 4 heteroatoms. The standard InChI is InChI=1S/C13H28N2O2/c1-6-11(7-2)12(13(16)17-8-3)14-9-10-15(4)5/h11-12,14H,6-10H2,1-5H3. The zero-order valence-corrected chi connectivity index (χ0v) is 12.0. The highest BCUT2D eigenvalue weighted by Gasteiger charge is 2.26. The highest BCUT2D eigenvalue weighted by atomic mass is 16.5. The van der Waals surface area contributed by atoms with Gasteiger partial charge in [-0.15, -0.1) is 0 Å². The van der Waals surface area contributed by atoms with Crippen LogP contribution in [0.5, 0.6) is 0 Å². The summed E-state index contributed by atoms with van der Waals surface area (Å²) in [5.41, 5.74) is 0. The zero-order chi connectivity index (χ0) is 13.3. The van der Waals surface area contributed by atoms with Gasteiger partial charge in [-0.3, -0.25) is 4.79 Å². The fourth-order valence-electron chi connectivity index (χ4n) is 1.88. The molecule has 4 nitrogen and oxygen atoms in total. The van der Waals surface area contributed by atoms with Gasteiger partial charge in [0, 0.05) is 13.1 Å². The number of nitrogens with zero attached hydrogens (tertiary/aromatic N) is 1. The minimum Gasteiger partial charge on any atom is -0.465 e. The minimum absolute atomic E-state index is 0.111. The van der Waals surface area contributed by atoms with Crippen molar-refractivity contribution in [2.75, 3.05) is 33.8 Å². The molecule has 0 heterocycles. The summed E-state index contributed by atoms with van der Waals surface area (Å²) in [5, 5.41) is 3.32. The normalized spacial score (nSPS) is 13.1. The molecular formula is C13H28N2O2. The molecule has 102 valence electrons. The van der Waals surface area contributed by atoms with Crippen LogP contribution in [0.3, 0.4) is 0 Å². The number of carbonyl (C=O) groups is 1. The van der Waals surface area contributed by atoms with Gasteiger partial charge in [-0.2, -0.15) is 0 Å². The topological polar surface area (TPSA) is 41.6 Å². The molecule has 0 aromatic heterocycles. The number of esters is 1. The van der Waals surface area contributed by atoms with Gasteiger partial charge in [0.2, 0.25) is 0 Å². The summed E-state index contributed by atoms with van der Waals surface area (Å²) in [6.45, 7) is 8.28. The fraction of sp³-hybridized carbons (Fsp3) is 0.923. The van der Waals surface area contributed by atoms with E-state index in [1.54, 1.807) is 0 Å². The van der Waals surface area contributed by atoms with Crippen LogP contribution in [0.1, 0.15) is 33.6 Å². The fourth-order valence-corrected chi connectivity index (χ4v) is 1.88. The summed E-state index contributed by atoms with van der Waals surface area (Å²) in [6.07, 6.45) is 1.99. The average molecular weight is 244 g/mol. The second kappa shape index (κ2) is 9.42. The number of rotatable bonds is 9. The van der Waals surface area contributed by atoms with E-state index in [0.29, 0.717) is 12.5 Å². The van der Waals surface area contributed by atoms with Gasteiger partial charge >= 0.3 is 5.97 Å². The Kier molecular flexibility index (Phi) is 9.09. The van der Waals surface area contributed by atoms with Crippen LogP contribution in [0, 0.1) is 5.92 Å². The lowest BCUT2D eigenvalue weighted by Gasteiger charge is -2.25. The first-order chi connectivity index (χ1) is 8.06. The van der Waals surface area contributed by atoms with Crippen molar-refractivity contribution < 1.29 is 9.53 Å². The van der Waals surface area contributed by atoms with E-state index in [1.807, 2.05) is 21.0 Å². The van der Waals surface area contributed by atoms with Gasteiger partial charge in [0.15, 0.2) is 0 Å². The van der Waals surface area contributed by atoms with E-state index < -0.39 is 0 Å². The summed E-state index contributed by atoms with van der Waals surface area (Å²) in [5.74, 6) is 0.246. The van der Waals surface area contributed by atoms with Crippen molar-refractivity contribution in [3.63, 3.8) is 0 Å². The second-order valence-corrected chi connectivity index (χ2v) is 4.56. The number of hydrogen-bond donors (Lipinski definition) is 1. The molecule has 0 spiro atoms. The molecule has 0 amide bonds. The van der Waals surface area contributed by atoms with E-state index in [-0.39, 0.29) is 12.0 Å². The maximum atomic E-state index is 11.9. The molecule has 0 aliphatic carbocycles. The van der Waals surface area contributed by atoms with E-state index >= 15 is 0 Å². The van der Waals surface area contributed by atoms with E-state index in [1.165, 1.54) is 0 Å².